The average molecular weight is 372 g/mol. The number of Topliss-reactive ketones (excluding diaryl/α,β-unsaturated/α-hetero) is 1. The SMILES string of the molecule is CCCCCCCCC(=O)CCCCCCCC.[Co].[Co]. The number of carbonyl (C=O) groups is 1. The van der Waals surface area contributed by atoms with E-state index in [1.165, 1.54) is 64.2 Å². The number of hydrogen-bond donors (Lipinski definition) is 0. The third kappa shape index (κ3) is 21.0. The van der Waals surface area contributed by atoms with Crippen LogP contribution in [0.25, 0.3) is 0 Å². The summed E-state index contributed by atoms with van der Waals surface area (Å²) in [5.41, 5.74) is 0. The third-order valence-corrected chi connectivity index (χ3v) is 3.62. The van der Waals surface area contributed by atoms with Crippen molar-refractivity contribution in [2.45, 2.75) is 104 Å². The van der Waals surface area contributed by atoms with Gasteiger partial charge in [0.2, 0.25) is 0 Å². The quantitative estimate of drug-likeness (QED) is 0.339. The predicted molar refractivity (Wildman–Crippen MR) is 81.0 cm³/mol. The first-order chi connectivity index (χ1) is 8.81. The molecule has 0 aromatic heterocycles. The van der Waals surface area contributed by atoms with Crippen molar-refractivity contribution in [1.82, 2.24) is 0 Å². The van der Waals surface area contributed by atoms with Crippen molar-refractivity contribution in [1.29, 1.82) is 0 Å². The van der Waals surface area contributed by atoms with Crippen LogP contribution < -0.4 is 0 Å². The Bertz CT molecular complexity index is 166. The van der Waals surface area contributed by atoms with Gasteiger partial charge in [0.25, 0.3) is 0 Å². The fourth-order valence-corrected chi connectivity index (χ4v) is 2.33. The molecule has 0 heterocycles. The molecule has 0 aliphatic carbocycles. The molecule has 0 aromatic carbocycles. The fraction of sp³-hybridized carbons (Fsp3) is 0.941. The second-order valence-corrected chi connectivity index (χ2v) is 5.57. The zero-order valence-electron chi connectivity index (χ0n) is 13.5. The number of rotatable bonds is 14. The molecule has 0 unspecified atom stereocenters. The normalized spacial score (nSPS) is 9.70. The molecule has 0 fully saturated rings. The fourth-order valence-electron chi connectivity index (χ4n) is 2.33. The van der Waals surface area contributed by atoms with Gasteiger partial charge in [-0.05, 0) is 12.8 Å². The van der Waals surface area contributed by atoms with Crippen LogP contribution in [0, 0.1) is 0 Å². The van der Waals surface area contributed by atoms with Gasteiger partial charge < -0.3 is 0 Å². The molecular formula is C17H34Co2O. The molecule has 0 N–H and O–H groups in total. The minimum atomic E-state index is 0. The van der Waals surface area contributed by atoms with Crippen LogP contribution in [0.3, 0.4) is 0 Å². The van der Waals surface area contributed by atoms with E-state index in [9.17, 15) is 4.79 Å². The minimum Gasteiger partial charge on any atom is -0.300 e. The number of unbranched alkanes of at least 4 members (excludes halogenated alkanes) is 10. The Morgan fingerprint density at radius 1 is 0.550 bits per heavy atom. The Labute approximate surface area is 147 Å². The molecule has 0 atom stereocenters. The standard InChI is InChI=1S/C17H34O.2Co/c1-3-5-7-9-11-13-15-17(18)16-14-12-10-8-6-4-2;;/h3-16H2,1-2H3;;. The molecule has 0 aliphatic rings. The van der Waals surface area contributed by atoms with E-state index in [4.69, 9.17) is 0 Å². The topological polar surface area (TPSA) is 17.1 Å². The van der Waals surface area contributed by atoms with E-state index in [0.717, 1.165) is 25.7 Å². The van der Waals surface area contributed by atoms with Crippen LogP contribution >= 0.6 is 0 Å². The van der Waals surface area contributed by atoms with Crippen LogP contribution in [-0.2, 0) is 38.4 Å². The second-order valence-electron chi connectivity index (χ2n) is 5.57. The maximum absolute atomic E-state index is 11.6. The van der Waals surface area contributed by atoms with Gasteiger partial charge in [0.15, 0.2) is 0 Å². The zero-order valence-corrected chi connectivity index (χ0v) is 15.6. The third-order valence-electron chi connectivity index (χ3n) is 3.62. The number of carbonyl (C=O) groups excluding carboxylic acids is 1. The van der Waals surface area contributed by atoms with E-state index in [1.54, 1.807) is 0 Å². The van der Waals surface area contributed by atoms with Crippen LogP contribution in [0.15, 0.2) is 0 Å². The molecule has 0 aliphatic heterocycles. The summed E-state index contributed by atoms with van der Waals surface area (Å²) in [6, 6.07) is 0. The summed E-state index contributed by atoms with van der Waals surface area (Å²) in [4.78, 5) is 11.6. The van der Waals surface area contributed by atoms with Gasteiger partial charge in [-0.2, -0.15) is 0 Å². The molecule has 0 saturated heterocycles. The van der Waals surface area contributed by atoms with Gasteiger partial charge in [-0.1, -0.05) is 78.1 Å². The Morgan fingerprint density at radius 2 is 0.850 bits per heavy atom. The monoisotopic (exact) mass is 372 g/mol. The van der Waals surface area contributed by atoms with Crippen molar-refractivity contribution in [3.8, 4) is 0 Å². The smallest absolute Gasteiger partial charge is 0.132 e. The van der Waals surface area contributed by atoms with E-state index in [2.05, 4.69) is 13.8 Å². The Morgan fingerprint density at radius 3 is 1.20 bits per heavy atom. The van der Waals surface area contributed by atoms with Gasteiger partial charge >= 0.3 is 0 Å². The second kappa shape index (κ2) is 22.0. The maximum Gasteiger partial charge on any atom is 0.132 e. The summed E-state index contributed by atoms with van der Waals surface area (Å²) >= 11 is 0. The van der Waals surface area contributed by atoms with Gasteiger partial charge in [-0.3, -0.25) is 4.79 Å². The first-order valence-electron chi connectivity index (χ1n) is 8.33. The van der Waals surface area contributed by atoms with Crippen molar-refractivity contribution in [3.63, 3.8) is 0 Å². The van der Waals surface area contributed by atoms with Gasteiger partial charge in [-0.15, -0.1) is 0 Å². The summed E-state index contributed by atoms with van der Waals surface area (Å²) in [6.45, 7) is 4.48. The van der Waals surface area contributed by atoms with Crippen LogP contribution in [0.1, 0.15) is 104 Å². The summed E-state index contributed by atoms with van der Waals surface area (Å²) < 4.78 is 0. The van der Waals surface area contributed by atoms with Crippen LogP contribution in [0.2, 0.25) is 0 Å². The first-order valence-corrected chi connectivity index (χ1v) is 8.33. The molecule has 0 spiro atoms. The minimum absolute atomic E-state index is 0. The van der Waals surface area contributed by atoms with Crippen molar-refractivity contribution in [2.75, 3.05) is 0 Å². The van der Waals surface area contributed by atoms with E-state index >= 15 is 0 Å². The molecule has 0 saturated carbocycles. The molecule has 20 heavy (non-hydrogen) atoms. The molecule has 1 nitrogen and oxygen atoms in total. The summed E-state index contributed by atoms with van der Waals surface area (Å²) in [6.07, 6.45) is 17.1. The van der Waals surface area contributed by atoms with Crippen LogP contribution in [-0.4, -0.2) is 5.78 Å². The van der Waals surface area contributed by atoms with E-state index in [-0.39, 0.29) is 33.6 Å². The molecule has 3 heteroatoms. The van der Waals surface area contributed by atoms with E-state index < -0.39 is 0 Å². The zero-order chi connectivity index (χ0) is 13.5. The van der Waals surface area contributed by atoms with Crippen LogP contribution in [0.4, 0.5) is 0 Å². The Balaban J connectivity index is -0.00000144. The van der Waals surface area contributed by atoms with Crippen molar-refractivity contribution >= 4 is 5.78 Å². The van der Waals surface area contributed by atoms with E-state index in [1.807, 2.05) is 0 Å². The number of hydrogen-bond acceptors (Lipinski definition) is 1. The average Bonchev–Trinajstić information content (AvgIpc) is 2.38. The molecular weight excluding hydrogens is 338 g/mol. The Kier molecular flexibility index (Phi) is 28.2. The molecule has 0 aromatic rings. The van der Waals surface area contributed by atoms with Gasteiger partial charge in [0.1, 0.15) is 5.78 Å². The van der Waals surface area contributed by atoms with Crippen molar-refractivity contribution in [2.24, 2.45) is 0 Å². The molecule has 0 amide bonds. The molecule has 0 bridgehead atoms. The summed E-state index contributed by atoms with van der Waals surface area (Å²) in [5.74, 6) is 0.501. The maximum atomic E-state index is 11.6. The molecule has 126 valence electrons. The Hall–Kier alpha value is 0.683. The van der Waals surface area contributed by atoms with Gasteiger partial charge in [0.05, 0.1) is 0 Å². The number of ketones is 1. The molecule has 0 rings (SSSR count). The van der Waals surface area contributed by atoms with Crippen LogP contribution in [0.5, 0.6) is 0 Å². The van der Waals surface area contributed by atoms with Crippen molar-refractivity contribution < 1.29 is 38.4 Å². The summed E-state index contributed by atoms with van der Waals surface area (Å²) in [5, 5.41) is 0. The van der Waals surface area contributed by atoms with Gasteiger partial charge in [-0.25, -0.2) is 0 Å². The van der Waals surface area contributed by atoms with Gasteiger partial charge in [0, 0.05) is 46.4 Å². The van der Waals surface area contributed by atoms with Crippen molar-refractivity contribution in [3.05, 3.63) is 0 Å². The largest absolute Gasteiger partial charge is 0.300 e. The van der Waals surface area contributed by atoms with E-state index in [0.29, 0.717) is 5.78 Å². The first kappa shape index (κ1) is 25.6. The molecule has 2 radical (unpaired) electrons. The predicted octanol–water partition coefficient (Wildman–Crippen LogP) is 6.05. The summed E-state index contributed by atoms with van der Waals surface area (Å²) in [7, 11) is 0.